The maximum Gasteiger partial charge on any atom is 0.248 e. The fourth-order valence-corrected chi connectivity index (χ4v) is 3.28. The van der Waals surface area contributed by atoms with Gasteiger partial charge in [-0.2, -0.15) is 0 Å². The average molecular weight is 310 g/mol. The molecule has 0 aromatic rings. The molecule has 0 unspecified atom stereocenters. The second kappa shape index (κ2) is 6.54. The van der Waals surface area contributed by atoms with Gasteiger partial charge in [0.2, 0.25) is 11.8 Å². The number of ether oxygens (including phenoxy) is 2. The molecule has 1 spiro atoms. The van der Waals surface area contributed by atoms with Gasteiger partial charge in [-0.25, -0.2) is 0 Å². The van der Waals surface area contributed by atoms with Gasteiger partial charge in [0.15, 0.2) is 0 Å². The maximum atomic E-state index is 11.7. The summed E-state index contributed by atoms with van der Waals surface area (Å²) < 4.78 is 10.9. The summed E-state index contributed by atoms with van der Waals surface area (Å²) >= 11 is 0. The zero-order chi connectivity index (χ0) is 15.6. The Morgan fingerprint density at radius 1 is 1.27 bits per heavy atom. The molecule has 6 heteroatoms. The minimum Gasteiger partial charge on any atom is -0.375 e. The van der Waals surface area contributed by atoms with Gasteiger partial charge in [0.1, 0.15) is 12.2 Å². The molecule has 1 aliphatic carbocycles. The number of carbonyl (C=O) groups excluding carboxylic acids is 2. The third-order valence-corrected chi connectivity index (χ3v) is 4.97. The Balaban J connectivity index is 1.33. The Labute approximate surface area is 131 Å². The molecule has 2 saturated heterocycles. The molecule has 3 fully saturated rings. The van der Waals surface area contributed by atoms with Gasteiger partial charge in [-0.15, -0.1) is 0 Å². The second-order valence-corrected chi connectivity index (χ2v) is 7.03. The SMILES string of the molecule is COCC(=O)N1CC2(CC[C@@H](CNC(=O)CC3CC3)CO2)C1. The number of nitrogens with zero attached hydrogens (tertiary/aromatic N) is 1. The minimum atomic E-state index is -0.141. The smallest absolute Gasteiger partial charge is 0.248 e. The summed E-state index contributed by atoms with van der Waals surface area (Å²) in [6.07, 6.45) is 5.12. The van der Waals surface area contributed by atoms with E-state index in [1.165, 1.54) is 20.0 Å². The van der Waals surface area contributed by atoms with Crippen LogP contribution in [-0.4, -0.2) is 62.3 Å². The molecular weight excluding hydrogens is 284 g/mol. The van der Waals surface area contributed by atoms with Crippen molar-refractivity contribution in [1.29, 1.82) is 0 Å². The van der Waals surface area contributed by atoms with Crippen molar-refractivity contribution in [2.24, 2.45) is 11.8 Å². The van der Waals surface area contributed by atoms with Crippen LogP contribution in [0.5, 0.6) is 0 Å². The molecule has 0 radical (unpaired) electrons. The quantitative estimate of drug-likeness (QED) is 0.778. The van der Waals surface area contributed by atoms with Crippen LogP contribution in [0.25, 0.3) is 0 Å². The number of likely N-dealkylation sites (tertiary alicyclic amines) is 1. The fraction of sp³-hybridized carbons (Fsp3) is 0.875. The van der Waals surface area contributed by atoms with Crippen molar-refractivity contribution in [1.82, 2.24) is 10.2 Å². The molecule has 22 heavy (non-hydrogen) atoms. The highest BCUT2D eigenvalue weighted by Gasteiger charge is 2.48. The van der Waals surface area contributed by atoms with Crippen molar-refractivity contribution in [3.8, 4) is 0 Å². The van der Waals surface area contributed by atoms with Crippen LogP contribution in [0.1, 0.15) is 32.1 Å². The van der Waals surface area contributed by atoms with E-state index in [2.05, 4.69) is 5.32 Å². The van der Waals surface area contributed by atoms with Crippen LogP contribution in [0.15, 0.2) is 0 Å². The molecule has 3 aliphatic rings. The largest absolute Gasteiger partial charge is 0.375 e. The first-order chi connectivity index (χ1) is 10.6. The van der Waals surface area contributed by atoms with Crippen LogP contribution in [0.4, 0.5) is 0 Å². The molecule has 124 valence electrons. The zero-order valence-electron chi connectivity index (χ0n) is 13.3. The summed E-state index contributed by atoms with van der Waals surface area (Å²) in [7, 11) is 1.53. The predicted octanol–water partition coefficient (Wildman–Crippen LogP) is 0.557. The summed E-state index contributed by atoms with van der Waals surface area (Å²) in [5, 5.41) is 3.03. The third-order valence-electron chi connectivity index (χ3n) is 4.97. The Hall–Kier alpha value is -1.14. The lowest BCUT2D eigenvalue weighted by Gasteiger charge is -2.52. The Kier molecular flexibility index (Phi) is 4.68. The molecule has 1 N–H and O–H groups in total. The molecule has 0 aromatic heterocycles. The van der Waals surface area contributed by atoms with Gasteiger partial charge in [-0.05, 0) is 37.5 Å². The van der Waals surface area contributed by atoms with Gasteiger partial charge in [-0.3, -0.25) is 9.59 Å². The molecule has 0 aromatic carbocycles. The van der Waals surface area contributed by atoms with E-state index in [4.69, 9.17) is 9.47 Å². The first-order valence-corrected chi connectivity index (χ1v) is 8.27. The number of amides is 2. The highest BCUT2D eigenvalue weighted by Crippen LogP contribution is 2.36. The van der Waals surface area contributed by atoms with Crippen LogP contribution in [0.2, 0.25) is 0 Å². The molecule has 2 amide bonds. The molecule has 1 atom stereocenters. The first kappa shape index (κ1) is 15.7. The standard InChI is InChI=1S/C16H26N2O4/c1-21-9-15(20)18-10-16(11-18)5-4-13(8-22-16)7-17-14(19)6-12-2-3-12/h12-13H,2-11H2,1H3,(H,17,19)/t13-/m0/s1. The molecule has 2 heterocycles. The minimum absolute atomic E-state index is 0.0335. The van der Waals surface area contributed by atoms with Crippen molar-refractivity contribution in [2.75, 3.05) is 40.0 Å². The summed E-state index contributed by atoms with van der Waals surface area (Å²) in [4.78, 5) is 25.2. The van der Waals surface area contributed by atoms with E-state index in [1.807, 2.05) is 0 Å². The van der Waals surface area contributed by atoms with Crippen LogP contribution in [-0.2, 0) is 19.1 Å². The molecular formula is C16H26N2O4. The highest BCUT2D eigenvalue weighted by molar-refractivity contribution is 5.78. The zero-order valence-corrected chi connectivity index (χ0v) is 13.3. The lowest BCUT2D eigenvalue weighted by atomic mass is 9.83. The monoisotopic (exact) mass is 310 g/mol. The van der Waals surface area contributed by atoms with Crippen molar-refractivity contribution < 1.29 is 19.1 Å². The van der Waals surface area contributed by atoms with Gasteiger partial charge >= 0.3 is 0 Å². The number of rotatable bonds is 6. The average Bonchev–Trinajstić information content (AvgIpc) is 3.27. The van der Waals surface area contributed by atoms with Crippen LogP contribution < -0.4 is 5.32 Å². The Bertz CT molecular complexity index is 420. The summed E-state index contributed by atoms with van der Waals surface area (Å²) in [5.74, 6) is 1.25. The lowest BCUT2D eigenvalue weighted by molar-refractivity contribution is -0.190. The molecule has 3 rings (SSSR count). The Morgan fingerprint density at radius 2 is 2.05 bits per heavy atom. The van der Waals surface area contributed by atoms with Gasteiger partial charge in [0.05, 0.1) is 19.7 Å². The first-order valence-electron chi connectivity index (χ1n) is 8.27. The van der Waals surface area contributed by atoms with Crippen LogP contribution >= 0.6 is 0 Å². The van der Waals surface area contributed by atoms with Gasteiger partial charge in [0, 0.05) is 20.1 Å². The van der Waals surface area contributed by atoms with E-state index in [0.29, 0.717) is 44.5 Å². The van der Waals surface area contributed by atoms with E-state index in [1.54, 1.807) is 4.90 Å². The van der Waals surface area contributed by atoms with Crippen LogP contribution in [0.3, 0.4) is 0 Å². The van der Waals surface area contributed by atoms with Crippen molar-refractivity contribution in [3.05, 3.63) is 0 Å². The topological polar surface area (TPSA) is 67.9 Å². The molecule has 2 aliphatic heterocycles. The van der Waals surface area contributed by atoms with E-state index in [9.17, 15) is 9.59 Å². The number of hydrogen-bond donors (Lipinski definition) is 1. The van der Waals surface area contributed by atoms with Crippen LogP contribution in [0, 0.1) is 11.8 Å². The normalized spacial score (nSPS) is 26.6. The lowest BCUT2D eigenvalue weighted by Crippen LogP contribution is -2.67. The van der Waals surface area contributed by atoms with Gasteiger partial charge in [-0.1, -0.05) is 0 Å². The van der Waals surface area contributed by atoms with E-state index in [0.717, 1.165) is 12.8 Å². The number of carbonyl (C=O) groups is 2. The maximum absolute atomic E-state index is 11.7. The predicted molar refractivity (Wildman–Crippen MR) is 80.2 cm³/mol. The van der Waals surface area contributed by atoms with Gasteiger partial charge < -0.3 is 19.7 Å². The van der Waals surface area contributed by atoms with E-state index < -0.39 is 0 Å². The second-order valence-electron chi connectivity index (χ2n) is 7.03. The third kappa shape index (κ3) is 3.79. The van der Waals surface area contributed by atoms with Gasteiger partial charge in [0.25, 0.3) is 0 Å². The molecule has 0 bridgehead atoms. The Morgan fingerprint density at radius 3 is 2.64 bits per heavy atom. The number of methoxy groups -OCH3 is 1. The summed E-state index contributed by atoms with van der Waals surface area (Å²) in [6, 6.07) is 0. The summed E-state index contributed by atoms with van der Waals surface area (Å²) in [6.45, 7) is 2.89. The number of nitrogens with one attached hydrogen (secondary N) is 1. The fourth-order valence-electron chi connectivity index (χ4n) is 3.28. The molecule has 1 saturated carbocycles. The van der Waals surface area contributed by atoms with E-state index in [-0.39, 0.29) is 24.0 Å². The molecule has 6 nitrogen and oxygen atoms in total. The summed E-state index contributed by atoms with van der Waals surface area (Å²) in [5.41, 5.74) is -0.141. The van der Waals surface area contributed by atoms with E-state index >= 15 is 0 Å². The van der Waals surface area contributed by atoms with Crippen molar-refractivity contribution >= 4 is 11.8 Å². The van der Waals surface area contributed by atoms with Crippen molar-refractivity contribution in [2.45, 2.75) is 37.7 Å². The highest BCUT2D eigenvalue weighted by atomic mass is 16.5. The number of hydrogen-bond acceptors (Lipinski definition) is 4. The van der Waals surface area contributed by atoms with Crippen molar-refractivity contribution in [3.63, 3.8) is 0 Å².